The summed E-state index contributed by atoms with van der Waals surface area (Å²) >= 11 is 0. The monoisotopic (exact) mass is 314 g/mol. The molecule has 1 aromatic heterocycles. The van der Waals surface area contributed by atoms with Gasteiger partial charge in [0.15, 0.2) is 0 Å². The van der Waals surface area contributed by atoms with Crippen molar-refractivity contribution >= 4 is 5.91 Å². The Morgan fingerprint density at radius 1 is 1.26 bits per heavy atom. The van der Waals surface area contributed by atoms with Gasteiger partial charge in [-0.1, -0.05) is 43.3 Å². The minimum atomic E-state index is -0.805. The molecule has 0 radical (unpaired) electrons. The van der Waals surface area contributed by atoms with E-state index in [1.165, 1.54) is 0 Å². The average molecular weight is 314 g/mol. The Morgan fingerprint density at radius 2 is 2.04 bits per heavy atom. The zero-order chi connectivity index (χ0) is 16.5. The normalized spacial score (nSPS) is 11.7. The molecular formula is C18H22N2O3. The van der Waals surface area contributed by atoms with Gasteiger partial charge in [0.2, 0.25) is 11.8 Å². The Balaban J connectivity index is 1.87. The summed E-state index contributed by atoms with van der Waals surface area (Å²) in [6.45, 7) is 2.94. The predicted octanol–water partition coefficient (Wildman–Crippen LogP) is 2.61. The van der Waals surface area contributed by atoms with Crippen molar-refractivity contribution in [2.75, 3.05) is 6.61 Å². The third-order valence-electron chi connectivity index (χ3n) is 3.33. The second kappa shape index (κ2) is 8.90. The largest absolute Gasteiger partial charge is 0.477 e. The van der Waals surface area contributed by atoms with E-state index >= 15 is 0 Å². The standard InChI is InChI=1S/C18H22N2O3/c1-2-11-23-18-15(9-6-10-19-18)13-20-17(22)12-16(21)14-7-4-3-5-8-14/h3-10,16,21H,2,11-13H2,1H3,(H,20,22). The quantitative estimate of drug-likeness (QED) is 0.785. The van der Waals surface area contributed by atoms with Gasteiger partial charge in [0, 0.05) is 18.3 Å². The number of carbonyl (C=O) groups is 1. The Morgan fingerprint density at radius 3 is 2.78 bits per heavy atom. The lowest BCUT2D eigenvalue weighted by Crippen LogP contribution is -2.25. The summed E-state index contributed by atoms with van der Waals surface area (Å²) in [6, 6.07) is 12.8. The molecular weight excluding hydrogens is 292 g/mol. The molecule has 0 spiro atoms. The minimum Gasteiger partial charge on any atom is -0.477 e. The molecule has 23 heavy (non-hydrogen) atoms. The van der Waals surface area contributed by atoms with Crippen molar-refractivity contribution in [2.45, 2.75) is 32.4 Å². The lowest BCUT2D eigenvalue weighted by molar-refractivity contribution is -0.123. The van der Waals surface area contributed by atoms with Gasteiger partial charge in [-0.2, -0.15) is 0 Å². The second-order valence-electron chi connectivity index (χ2n) is 5.22. The molecule has 5 nitrogen and oxygen atoms in total. The molecule has 0 bridgehead atoms. The molecule has 5 heteroatoms. The topological polar surface area (TPSA) is 71.5 Å². The first-order chi connectivity index (χ1) is 11.2. The van der Waals surface area contributed by atoms with E-state index < -0.39 is 6.10 Å². The summed E-state index contributed by atoms with van der Waals surface area (Å²) in [4.78, 5) is 16.2. The molecule has 1 amide bonds. The van der Waals surface area contributed by atoms with Crippen LogP contribution in [0.5, 0.6) is 5.88 Å². The number of benzene rings is 1. The van der Waals surface area contributed by atoms with Gasteiger partial charge in [0.25, 0.3) is 0 Å². The van der Waals surface area contributed by atoms with Crippen LogP contribution in [0.4, 0.5) is 0 Å². The molecule has 0 saturated heterocycles. The highest BCUT2D eigenvalue weighted by atomic mass is 16.5. The van der Waals surface area contributed by atoms with E-state index in [2.05, 4.69) is 10.3 Å². The molecule has 0 aliphatic heterocycles. The molecule has 122 valence electrons. The Labute approximate surface area is 136 Å². The molecule has 1 unspecified atom stereocenters. The maximum Gasteiger partial charge on any atom is 0.223 e. The molecule has 0 aliphatic carbocycles. The summed E-state index contributed by atoms with van der Waals surface area (Å²) in [7, 11) is 0. The number of amides is 1. The van der Waals surface area contributed by atoms with E-state index in [-0.39, 0.29) is 12.3 Å². The number of hydrogen-bond acceptors (Lipinski definition) is 4. The number of nitrogens with zero attached hydrogens (tertiary/aromatic N) is 1. The van der Waals surface area contributed by atoms with Crippen molar-refractivity contribution in [3.8, 4) is 5.88 Å². The average Bonchev–Trinajstić information content (AvgIpc) is 2.59. The van der Waals surface area contributed by atoms with Gasteiger partial charge in [-0.15, -0.1) is 0 Å². The van der Waals surface area contributed by atoms with Crippen molar-refractivity contribution in [3.63, 3.8) is 0 Å². The second-order valence-corrected chi connectivity index (χ2v) is 5.22. The number of carbonyl (C=O) groups excluding carboxylic acids is 1. The van der Waals surface area contributed by atoms with Crippen molar-refractivity contribution < 1.29 is 14.6 Å². The van der Waals surface area contributed by atoms with Crippen LogP contribution in [0, 0.1) is 0 Å². The van der Waals surface area contributed by atoms with Gasteiger partial charge in [-0.3, -0.25) is 4.79 Å². The highest BCUT2D eigenvalue weighted by Crippen LogP contribution is 2.17. The summed E-state index contributed by atoms with van der Waals surface area (Å²) in [6.07, 6.45) is 1.78. The number of ether oxygens (including phenoxy) is 1. The zero-order valence-electron chi connectivity index (χ0n) is 13.2. The van der Waals surface area contributed by atoms with E-state index in [1.54, 1.807) is 24.4 Å². The highest BCUT2D eigenvalue weighted by Gasteiger charge is 2.13. The van der Waals surface area contributed by atoms with Gasteiger partial charge in [0.05, 0.1) is 19.1 Å². The first-order valence-corrected chi connectivity index (χ1v) is 7.77. The van der Waals surface area contributed by atoms with Crippen molar-refractivity contribution in [1.29, 1.82) is 0 Å². The number of hydrogen-bond donors (Lipinski definition) is 2. The number of aliphatic hydroxyl groups excluding tert-OH is 1. The van der Waals surface area contributed by atoms with E-state index in [0.29, 0.717) is 19.0 Å². The predicted molar refractivity (Wildman–Crippen MR) is 87.9 cm³/mol. The van der Waals surface area contributed by atoms with Gasteiger partial charge < -0.3 is 15.2 Å². The summed E-state index contributed by atoms with van der Waals surface area (Å²) in [5.41, 5.74) is 1.56. The molecule has 2 rings (SSSR count). The molecule has 0 saturated carbocycles. The van der Waals surface area contributed by atoms with Crippen LogP contribution in [0.3, 0.4) is 0 Å². The fraction of sp³-hybridized carbons (Fsp3) is 0.333. The molecule has 1 atom stereocenters. The zero-order valence-corrected chi connectivity index (χ0v) is 13.2. The molecule has 2 aromatic rings. The maximum absolute atomic E-state index is 12.0. The summed E-state index contributed by atoms with van der Waals surface area (Å²) < 4.78 is 5.56. The molecule has 2 N–H and O–H groups in total. The number of rotatable bonds is 8. The molecule has 0 fully saturated rings. The van der Waals surface area contributed by atoms with Crippen LogP contribution in [0.25, 0.3) is 0 Å². The highest BCUT2D eigenvalue weighted by molar-refractivity contribution is 5.76. The van der Waals surface area contributed by atoms with Crippen molar-refractivity contribution in [1.82, 2.24) is 10.3 Å². The van der Waals surface area contributed by atoms with Gasteiger partial charge in [-0.05, 0) is 18.1 Å². The Hall–Kier alpha value is -2.40. The number of nitrogens with one attached hydrogen (secondary N) is 1. The van der Waals surface area contributed by atoms with Crippen molar-refractivity contribution in [2.24, 2.45) is 0 Å². The third kappa shape index (κ3) is 5.38. The van der Waals surface area contributed by atoms with Crippen LogP contribution in [-0.2, 0) is 11.3 Å². The van der Waals surface area contributed by atoms with Crippen LogP contribution in [0.15, 0.2) is 48.7 Å². The van der Waals surface area contributed by atoms with E-state index in [1.807, 2.05) is 31.2 Å². The fourth-order valence-corrected chi connectivity index (χ4v) is 2.12. The van der Waals surface area contributed by atoms with E-state index in [0.717, 1.165) is 17.5 Å². The van der Waals surface area contributed by atoms with Crippen LogP contribution in [0.1, 0.15) is 37.0 Å². The minimum absolute atomic E-state index is 0.0232. The first-order valence-electron chi connectivity index (χ1n) is 7.77. The molecule has 0 aliphatic rings. The fourth-order valence-electron chi connectivity index (χ4n) is 2.12. The van der Waals surface area contributed by atoms with Crippen LogP contribution in [-0.4, -0.2) is 22.6 Å². The number of pyridine rings is 1. The summed E-state index contributed by atoms with van der Waals surface area (Å²) in [5.74, 6) is 0.324. The number of aliphatic hydroxyl groups is 1. The molecule has 1 aromatic carbocycles. The van der Waals surface area contributed by atoms with Crippen LogP contribution < -0.4 is 10.1 Å². The van der Waals surface area contributed by atoms with Crippen molar-refractivity contribution in [3.05, 3.63) is 59.8 Å². The lowest BCUT2D eigenvalue weighted by atomic mass is 10.1. The van der Waals surface area contributed by atoms with Gasteiger partial charge >= 0.3 is 0 Å². The third-order valence-corrected chi connectivity index (χ3v) is 3.33. The van der Waals surface area contributed by atoms with E-state index in [9.17, 15) is 9.90 Å². The first kappa shape index (κ1) is 17.0. The van der Waals surface area contributed by atoms with Gasteiger partial charge in [-0.25, -0.2) is 4.98 Å². The van der Waals surface area contributed by atoms with Gasteiger partial charge in [0.1, 0.15) is 0 Å². The SMILES string of the molecule is CCCOc1ncccc1CNC(=O)CC(O)c1ccccc1. The Kier molecular flexibility index (Phi) is 6.56. The summed E-state index contributed by atoms with van der Waals surface area (Å²) in [5, 5.41) is 12.9. The lowest BCUT2D eigenvalue weighted by Gasteiger charge is -2.13. The van der Waals surface area contributed by atoms with E-state index in [4.69, 9.17) is 4.74 Å². The number of aromatic nitrogens is 1. The van der Waals surface area contributed by atoms with Crippen LogP contribution >= 0.6 is 0 Å². The maximum atomic E-state index is 12.0. The van der Waals surface area contributed by atoms with Crippen LogP contribution in [0.2, 0.25) is 0 Å². The molecule has 1 heterocycles. The Bertz CT molecular complexity index is 617. The smallest absolute Gasteiger partial charge is 0.223 e.